The van der Waals surface area contributed by atoms with Gasteiger partial charge in [0.15, 0.2) is 9.84 Å². The van der Waals surface area contributed by atoms with Crippen LogP contribution in [0.5, 0.6) is 0 Å². The molecule has 0 bridgehead atoms. The Labute approximate surface area is 90.4 Å². The van der Waals surface area contributed by atoms with Crippen molar-refractivity contribution in [3.05, 3.63) is 23.8 Å². The number of benzene rings is 1. The molecule has 0 radical (unpaired) electrons. The Morgan fingerprint density at radius 3 is 2.67 bits per heavy atom. The molecule has 0 spiro atoms. The molecule has 1 aromatic carbocycles. The monoisotopic (exact) mass is 225 g/mol. The van der Waals surface area contributed by atoms with Crippen molar-refractivity contribution in [2.45, 2.75) is 30.4 Å². The number of nitrogens with one attached hydrogen (secondary N) is 1. The molecule has 82 valence electrons. The van der Waals surface area contributed by atoms with E-state index in [1.807, 2.05) is 19.1 Å². The highest BCUT2D eigenvalue weighted by Gasteiger charge is 2.40. The van der Waals surface area contributed by atoms with Crippen LogP contribution in [0, 0.1) is 6.92 Å². The second-order valence-corrected chi connectivity index (χ2v) is 7.17. The summed E-state index contributed by atoms with van der Waals surface area (Å²) in [6.07, 6.45) is 0. The van der Waals surface area contributed by atoms with E-state index in [-0.39, 0.29) is 0 Å². The van der Waals surface area contributed by atoms with Crippen LogP contribution in [0.25, 0.3) is 0 Å². The first-order chi connectivity index (χ1) is 6.84. The summed E-state index contributed by atoms with van der Waals surface area (Å²) in [6.45, 7) is 5.87. The van der Waals surface area contributed by atoms with Gasteiger partial charge >= 0.3 is 0 Å². The van der Waals surface area contributed by atoms with Crippen molar-refractivity contribution in [2.24, 2.45) is 0 Å². The van der Waals surface area contributed by atoms with E-state index >= 15 is 0 Å². The topological polar surface area (TPSA) is 46.2 Å². The Kier molecular flexibility index (Phi) is 2.08. The van der Waals surface area contributed by atoms with E-state index in [1.165, 1.54) is 0 Å². The quantitative estimate of drug-likeness (QED) is 0.734. The van der Waals surface area contributed by atoms with E-state index < -0.39 is 14.6 Å². The number of hydrogen-bond acceptors (Lipinski definition) is 3. The zero-order valence-electron chi connectivity index (χ0n) is 9.16. The van der Waals surface area contributed by atoms with Gasteiger partial charge in [0.25, 0.3) is 0 Å². The summed E-state index contributed by atoms with van der Waals surface area (Å²) in [7, 11) is -3.21. The van der Waals surface area contributed by atoms with Gasteiger partial charge in [-0.05, 0) is 38.5 Å². The standard InChI is InChI=1S/C11H15NO2S/c1-8-4-5-9-10(6-8)15(13,14)11(2,3)7-12-9/h4-6,12H,7H2,1-3H3. The lowest BCUT2D eigenvalue weighted by molar-refractivity contribution is 0.548. The molecule has 0 unspecified atom stereocenters. The Morgan fingerprint density at radius 1 is 1.33 bits per heavy atom. The summed E-state index contributed by atoms with van der Waals surface area (Å²) in [5.41, 5.74) is 1.69. The van der Waals surface area contributed by atoms with Gasteiger partial charge in [0.05, 0.1) is 15.3 Å². The molecule has 4 heteroatoms. The molecule has 15 heavy (non-hydrogen) atoms. The molecule has 1 heterocycles. The first-order valence-electron chi connectivity index (χ1n) is 4.94. The molecular weight excluding hydrogens is 210 g/mol. The van der Waals surface area contributed by atoms with Crippen molar-refractivity contribution in [2.75, 3.05) is 11.9 Å². The highest BCUT2D eigenvalue weighted by molar-refractivity contribution is 7.93. The number of rotatable bonds is 0. The highest BCUT2D eigenvalue weighted by atomic mass is 32.2. The molecule has 0 atom stereocenters. The van der Waals surface area contributed by atoms with Gasteiger partial charge < -0.3 is 5.32 Å². The van der Waals surface area contributed by atoms with Gasteiger partial charge in [-0.15, -0.1) is 0 Å². The average molecular weight is 225 g/mol. The van der Waals surface area contributed by atoms with Crippen LogP contribution in [0.15, 0.2) is 23.1 Å². The van der Waals surface area contributed by atoms with Crippen molar-refractivity contribution in [3.63, 3.8) is 0 Å². The minimum absolute atomic E-state index is 0.429. The summed E-state index contributed by atoms with van der Waals surface area (Å²) < 4.78 is 23.7. The van der Waals surface area contributed by atoms with Gasteiger partial charge in [-0.2, -0.15) is 0 Å². The maximum Gasteiger partial charge on any atom is 0.187 e. The van der Waals surface area contributed by atoms with Crippen LogP contribution in [0.3, 0.4) is 0 Å². The van der Waals surface area contributed by atoms with Crippen molar-refractivity contribution in [3.8, 4) is 0 Å². The molecule has 0 aliphatic carbocycles. The molecule has 3 nitrogen and oxygen atoms in total. The highest BCUT2D eigenvalue weighted by Crippen LogP contribution is 2.35. The van der Waals surface area contributed by atoms with Crippen molar-refractivity contribution < 1.29 is 8.42 Å². The summed E-state index contributed by atoms with van der Waals surface area (Å²) in [6, 6.07) is 5.48. The first kappa shape index (κ1) is 10.5. The summed E-state index contributed by atoms with van der Waals surface area (Å²) in [4.78, 5) is 0.429. The molecule has 0 aromatic heterocycles. The fourth-order valence-electron chi connectivity index (χ4n) is 1.70. The minimum atomic E-state index is -3.21. The lowest BCUT2D eigenvalue weighted by Crippen LogP contribution is -2.43. The van der Waals surface area contributed by atoms with Crippen LogP contribution in [-0.4, -0.2) is 19.7 Å². The van der Waals surface area contributed by atoms with Crippen LogP contribution in [0.2, 0.25) is 0 Å². The SMILES string of the molecule is Cc1ccc2c(c1)S(=O)(=O)C(C)(C)CN2. The second-order valence-electron chi connectivity index (χ2n) is 4.62. The van der Waals surface area contributed by atoms with Gasteiger partial charge in [-0.25, -0.2) is 8.42 Å². The van der Waals surface area contributed by atoms with E-state index in [2.05, 4.69) is 5.32 Å². The predicted octanol–water partition coefficient (Wildman–Crippen LogP) is 1.97. The normalized spacial score (nSPS) is 21.5. The van der Waals surface area contributed by atoms with Gasteiger partial charge in [0.1, 0.15) is 0 Å². The fourth-order valence-corrected chi connectivity index (χ4v) is 3.33. The van der Waals surface area contributed by atoms with Gasteiger partial charge in [-0.1, -0.05) is 6.07 Å². The molecule has 0 saturated carbocycles. The Balaban J connectivity index is 2.72. The van der Waals surface area contributed by atoms with E-state index in [0.29, 0.717) is 11.4 Å². The molecule has 1 N–H and O–H groups in total. The van der Waals surface area contributed by atoms with Crippen LogP contribution < -0.4 is 5.32 Å². The van der Waals surface area contributed by atoms with E-state index in [0.717, 1.165) is 11.3 Å². The van der Waals surface area contributed by atoms with Crippen LogP contribution in [0.4, 0.5) is 5.69 Å². The van der Waals surface area contributed by atoms with Crippen LogP contribution in [0.1, 0.15) is 19.4 Å². The predicted molar refractivity (Wildman–Crippen MR) is 60.9 cm³/mol. The molecule has 0 saturated heterocycles. The molecule has 2 rings (SSSR count). The van der Waals surface area contributed by atoms with E-state index in [4.69, 9.17) is 0 Å². The lowest BCUT2D eigenvalue weighted by atomic mass is 10.1. The molecule has 0 amide bonds. The van der Waals surface area contributed by atoms with Gasteiger partial charge in [0, 0.05) is 6.54 Å². The summed E-state index contributed by atoms with van der Waals surface area (Å²) >= 11 is 0. The first-order valence-corrected chi connectivity index (χ1v) is 6.42. The third-order valence-corrected chi connectivity index (χ3v) is 5.37. The third kappa shape index (κ3) is 1.44. The maximum atomic E-state index is 12.2. The molecule has 1 aromatic rings. The Hall–Kier alpha value is -1.03. The van der Waals surface area contributed by atoms with Crippen molar-refractivity contribution in [1.29, 1.82) is 0 Å². The smallest absolute Gasteiger partial charge is 0.187 e. The molecular formula is C11H15NO2S. The number of sulfone groups is 1. The Morgan fingerprint density at radius 2 is 2.00 bits per heavy atom. The zero-order valence-corrected chi connectivity index (χ0v) is 9.98. The van der Waals surface area contributed by atoms with E-state index in [1.54, 1.807) is 19.9 Å². The Bertz CT molecular complexity index is 503. The largest absolute Gasteiger partial charge is 0.382 e. The maximum absolute atomic E-state index is 12.2. The minimum Gasteiger partial charge on any atom is -0.382 e. The number of hydrogen-bond donors (Lipinski definition) is 1. The van der Waals surface area contributed by atoms with E-state index in [9.17, 15) is 8.42 Å². The third-order valence-electron chi connectivity index (χ3n) is 2.86. The number of anilines is 1. The molecule has 0 fully saturated rings. The lowest BCUT2D eigenvalue weighted by Gasteiger charge is -2.32. The number of aryl methyl sites for hydroxylation is 1. The molecule has 1 aliphatic heterocycles. The van der Waals surface area contributed by atoms with Crippen molar-refractivity contribution in [1.82, 2.24) is 0 Å². The number of fused-ring (bicyclic) bond motifs is 1. The van der Waals surface area contributed by atoms with Gasteiger partial charge in [-0.3, -0.25) is 0 Å². The van der Waals surface area contributed by atoms with Crippen LogP contribution in [-0.2, 0) is 9.84 Å². The van der Waals surface area contributed by atoms with Crippen LogP contribution >= 0.6 is 0 Å². The van der Waals surface area contributed by atoms with Gasteiger partial charge in [0.2, 0.25) is 0 Å². The zero-order chi connectivity index (χ0) is 11.3. The second kappa shape index (κ2) is 2.98. The average Bonchev–Trinajstić information content (AvgIpc) is 2.14. The van der Waals surface area contributed by atoms with Crippen molar-refractivity contribution >= 4 is 15.5 Å². The summed E-state index contributed by atoms with van der Waals surface area (Å²) in [5.74, 6) is 0. The fraction of sp³-hybridized carbons (Fsp3) is 0.455. The summed E-state index contributed by atoms with van der Waals surface area (Å²) in [5, 5.41) is 3.16. The molecule has 1 aliphatic rings.